The summed E-state index contributed by atoms with van der Waals surface area (Å²) in [6.07, 6.45) is 2.12. The van der Waals surface area contributed by atoms with E-state index in [-0.39, 0.29) is 35.1 Å². The summed E-state index contributed by atoms with van der Waals surface area (Å²) in [5, 5.41) is 3.07. The molecule has 2 aliphatic rings. The second-order valence-corrected chi connectivity index (χ2v) is 9.77. The first-order chi connectivity index (χ1) is 17.9. The van der Waals surface area contributed by atoms with Gasteiger partial charge in [0.25, 0.3) is 5.91 Å². The van der Waals surface area contributed by atoms with Gasteiger partial charge in [-0.25, -0.2) is 4.79 Å². The van der Waals surface area contributed by atoms with Gasteiger partial charge in [0, 0.05) is 10.7 Å². The summed E-state index contributed by atoms with van der Waals surface area (Å²) in [6.45, 7) is -0.498. The van der Waals surface area contributed by atoms with E-state index in [4.69, 9.17) is 16.3 Å². The molecule has 5 rings (SSSR count). The highest BCUT2D eigenvalue weighted by molar-refractivity contribution is 6.30. The molecule has 1 aliphatic heterocycles. The predicted molar refractivity (Wildman–Crippen MR) is 139 cm³/mol. The van der Waals surface area contributed by atoms with Gasteiger partial charge in [-0.2, -0.15) is 0 Å². The number of carbonyl (C=O) groups is 4. The predicted octanol–water partition coefficient (Wildman–Crippen LogP) is 5.21. The van der Waals surface area contributed by atoms with Crippen LogP contribution in [-0.2, 0) is 19.1 Å². The molecule has 3 atom stereocenters. The fourth-order valence-electron chi connectivity index (χ4n) is 5.21. The summed E-state index contributed by atoms with van der Waals surface area (Å²) < 4.78 is 5.15. The Morgan fingerprint density at radius 2 is 1.65 bits per heavy atom. The minimum Gasteiger partial charge on any atom is -0.452 e. The highest BCUT2D eigenvalue weighted by Crippen LogP contribution is 2.45. The third-order valence-corrected chi connectivity index (χ3v) is 7.21. The molecule has 3 aromatic carbocycles. The molecule has 7 nitrogen and oxygen atoms in total. The minimum atomic E-state index is -0.733. The number of fused-ring (bicyclic) bond motifs is 1. The van der Waals surface area contributed by atoms with Crippen LogP contribution < -0.4 is 10.2 Å². The van der Waals surface area contributed by atoms with Crippen LogP contribution >= 0.6 is 11.6 Å². The third kappa shape index (κ3) is 5.27. The van der Waals surface area contributed by atoms with Gasteiger partial charge in [-0.1, -0.05) is 54.1 Å². The van der Waals surface area contributed by atoms with Crippen molar-refractivity contribution >= 4 is 46.7 Å². The lowest BCUT2D eigenvalue weighted by Gasteiger charge is -2.28. The van der Waals surface area contributed by atoms with E-state index in [0.29, 0.717) is 29.2 Å². The van der Waals surface area contributed by atoms with Gasteiger partial charge in [-0.15, -0.1) is 0 Å². The van der Waals surface area contributed by atoms with Crippen LogP contribution in [0.3, 0.4) is 0 Å². The van der Waals surface area contributed by atoms with Crippen molar-refractivity contribution in [2.24, 2.45) is 11.8 Å². The summed E-state index contributed by atoms with van der Waals surface area (Å²) in [7, 11) is 0. The van der Waals surface area contributed by atoms with Crippen molar-refractivity contribution < 1.29 is 23.9 Å². The van der Waals surface area contributed by atoms with Gasteiger partial charge >= 0.3 is 5.97 Å². The Kier molecular flexibility index (Phi) is 7.06. The monoisotopic (exact) mass is 516 g/mol. The van der Waals surface area contributed by atoms with Gasteiger partial charge in [0.1, 0.15) is 0 Å². The number of esters is 1. The normalized spacial score (nSPS) is 20.9. The van der Waals surface area contributed by atoms with Gasteiger partial charge in [0.2, 0.25) is 11.8 Å². The number of anilines is 2. The number of nitrogens with zero attached hydrogens (tertiary/aromatic N) is 1. The summed E-state index contributed by atoms with van der Waals surface area (Å²) in [5.74, 6) is -2.21. The highest BCUT2D eigenvalue weighted by Gasteiger charge is 2.50. The number of hydrogen-bond acceptors (Lipinski definition) is 5. The second kappa shape index (κ2) is 10.6. The zero-order valence-electron chi connectivity index (χ0n) is 19.9. The fourth-order valence-corrected chi connectivity index (χ4v) is 5.40. The number of carbonyl (C=O) groups excluding carboxylic acids is 4. The molecular weight excluding hydrogens is 492 g/mol. The van der Waals surface area contributed by atoms with Crippen molar-refractivity contribution in [3.05, 3.63) is 95.0 Å². The Morgan fingerprint density at radius 1 is 0.892 bits per heavy atom. The Hall–Kier alpha value is -3.97. The van der Waals surface area contributed by atoms with Crippen LogP contribution in [0.25, 0.3) is 0 Å². The van der Waals surface area contributed by atoms with Crippen LogP contribution in [0.15, 0.2) is 78.9 Å². The Morgan fingerprint density at radius 3 is 2.43 bits per heavy atom. The van der Waals surface area contributed by atoms with Crippen molar-refractivity contribution in [3.8, 4) is 0 Å². The molecule has 3 amide bonds. The van der Waals surface area contributed by atoms with Crippen molar-refractivity contribution in [2.45, 2.75) is 25.2 Å². The topological polar surface area (TPSA) is 92.8 Å². The molecule has 0 spiro atoms. The quantitative estimate of drug-likeness (QED) is 0.358. The lowest BCUT2D eigenvalue weighted by atomic mass is 9.73. The maximum absolute atomic E-state index is 13.3. The van der Waals surface area contributed by atoms with Crippen LogP contribution in [0.2, 0.25) is 5.02 Å². The molecule has 1 N–H and O–H groups in total. The summed E-state index contributed by atoms with van der Waals surface area (Å²) >= 11 is 5.91. The number of halogens is 1. The van der Waals surface area contributed by atoms with Crippen LogP contribution in [-0.4, -0.2) is 30.3 Å². The Balaban J connectivity index is 1.24. The molecular formula is C29H25ClN2O5. The molecule has 1 saturated heterocycles. The number of rotatable bonds is 6. The first-order valence-corrected chi connectivity index (χ1v) is 12.5. The average Bonchev–Trinajstić information content (AvgIpc) is 3.17. The van der Waals surface area contributed by atoms with Crippen LogP contribution in [0.4, 0.5) is 11.4 Å². The van der Waals surface area contributed by atoms with Crippen molar-refractivity contribution in [1.29, 1.82) is 0 Å². The van der Waals surface area contributed by atoms with E-state index in [1.165, 1.54) is 22.6 Å². The standard InChI is InChI=1S/C29H25ClN2O5/c30-21-9-5-10-22(16-21)31-26(33)17-37-29(36)20-8-4-11-23(14-20)32-27(34)24-13-12-19(15-25(24)28(32)35)18-6-2-1-3-7-18/h1-11,14,16,19,24-25H,12-13,15,17H2,(H,31,33)/t19-,24+,25-/m0/s1. The lowest BCUT2D eigenvalue weighted by Crippen LogP contribution is -2.31. The molecule has 0 aromatic heterocycles. The van der Waals surface area contributed by atoms with E-state index in [1.54, 1.807) is 36.4 Å². The zero-order chi connectivity index (χ0) is 25.9. The molecule has 3 aromatic rings. The fraction of sp³-hybridized carbons (Fsp3) is 0.241. The van der Waals surface area contributed by atoms with Gasteiger partial charge in [-0.3, -0.25) is 19.3 Å². The van der Waals surface area contributed by atoms with Crippen molar-refractivity contribution in [1.82, 2.24) is 0 Å². The van der Waals surface area contributed by atoms with Crippen LogP contribution in [0.5, 0.6) is 0 Å². The summed E-state index contributed by atoms with van der Waals surface area (Å²) in [6, 6.07) is 22.9. The van der Waals surface area contributed by atoms with Crippen LogP contribution in [0, 0.1) is 11.8 Å². The largest absolute Gasteiger partial charge is 0.452 e. The van der Waals surface area contributed by atoms with E-state index in [1.807, 2.05) is 18.2 Å². The number of nitrogens with one attached hydrogen (secondary N) is 1. The van der Waals surface area contributed by atoms with Gasteiger partial charge < -0.3 is 10.1 Å². The van der Waals surface area contributed by atoms with Crippen LogP contribution in [0.1, 0.15) is 41.1 Å². The molecule has 1 heterocycles. The maximum Gasteiger partial charge on any atom is 0.338 e. The first kappa shape index (κ1) is 24.7. The third-order valence-electron chi connectivity index (χ3n) is 6.98. The molecule has 1 saturated carbocycles. The van der Waals surface area contributed by atoms with E-state index in [0.717, 1.165) is 6.42 Å². The van der Waals surface area contributed by atoms with Gasteiger partial charge in [0.15, 0.2) is 6.61 Å². The van der Waals surface area contributed by atoms with Gasteiger partial charge in [0.05, 0.1) is 23.1 Å². The Labute approximate surface area is 219 Å². The zero-order valence-corrected chi connectivity index (χ0v) is 20.7. The number of imide groups is 1. The second-order valence-electron chi connectivity index (χ2n) is 9.33. The molecule has 8 heteroatoms. The van der Waals surface area contributed by atoms with E-state index in [2.05, 4.69) is 17.4 Å². The molecule has 0 bridgehead atoms. The first-order valence-electron chi connectivity index (χ1n) is 12.2. The lowest BCUT2D eigenvalue weighted by molar-refractivity contribution is -0.122. The van der Waals surface area contributed by atoms with E-state index < -0.39 is 18.5 Å². The van der Waals surface area contributed by atoms with E-state index >= 15 is 0 Å². The number of amides is 3. The number of hydrogen-bond donors (Lipinski definition) is 1. The summed E-state index contributed by atoms with van der Waals surface area (Å²) in [4.78, 5) is 52.6. The molecule has 1 aliphatic carbocycles. The summed E-state index contributed by atoms with van der Waals surface area (Å²) in [5.41, 5.74) is 2.14. The molecule has 2 fully saturated rings. The maximum atomic E-state index is 13.3. The Bertz CT molecular complexity index is 1360. The highest BCUT2D eigenvalue weighted by atomic mass is 35.5. The molecule has 37 heavy (non-hydrogen) atoms. The average molecular weight is 517 g/mol. The van der Waals surface area contributed by atoms with Gasteiger partial charge in [-0.05, 0) is 67.1 Å². The molecule has 0 radical (unpaired) electrons. The smallest absolute Gasteiger partial charge is 0.338 e. The molecule has 0 unspecified atom stereocenters. The SMILES string of the molecule is O=C(COC(=O)c1cccc(N2C(=O)[C@H]3C[C@@H](c4ccccc4)CC[C@H]3C2=O)c1)Nc1cccc(Cl)c1. The number of ether oxygens (including phenoxy) is 1. The van der Waals surface area contributed by atoms with Crippen molar-refractivity contribution in [2.75, 3.05) is 16.8 Å². The van der Waals surface area contributed by atoms with E-state index in [9.17, 15) is 19.2 Å². The van der Waals surface area contributed by atoms with Crippen molar-refractivity contribution in [3.63, 3.8) is 0 Å². The minimum absolute atomic E-state index is 0.144. The number of benzene rings is 3. The molecule has 188 valence electrons.